The minimum absolute atomic E-state index is 0.207. The zero-order chi connectivity index (χ0) is 13.1. The second kappa shape index (κ2) is 5.10. The third-order valence-electron chi connectivity index (χ3n) is 2.48. The van der Waals surface area contributed by atoms with Crippen molar-refractivity contribution in [3.8, 4) is 11.5 Å². The molecule has 0 atom stereocenters. The van der Waals surface area contributed by atoms with Gasteiger partial charge in [0.15, 0.2) is 11.6 Å². The van der Waals surface area contributed by atoms with Gasteiger partial charge in [-0.2, -0.15) is 0 Å². The summed E-state index contributed by atoms with van der Waals surface area (Å²) in [4.78, 5) is 4.05. The molecule has 1 aromatic heterocycles. The normalized spacial score (nSPS) is 10.4. The van der Waals surface area contributed by atoms with E-state index in [1.807, 2.05) is 0 Å². The summed E-state index contributed by atoms with van der Waals surface area (Å²) in [5.41, 5.74) is 6.58. The van der Waals surface area contributed by atoms with Gasteiger partial charge in [0.25, 0.3) is 0 Å². The van der Waals surface area contributed by atoms with Crippen LogP contribution in [0.15, 0.2) is 30.5 Å². The number of benzene rings is 1. The van der Waals surface area contributed by atoms with Gasteiger partial charge in [-0.1, -0.05) is 0 Å². The number of pyridine rings is 1. The van der Waals surface area contributed by atoms with Crippen LogP contribution in [-0.4, -0.2) is 4.98 Å². The van der Waals surface area contributed by atoms with Crippen molar-refractivity contribution in [3.05, 3.63) is 53.4 Å². The Kier molecular flexibility index (Phi) is 3.53. The number of rotatable bonds is 3. The lowest BCUT2D eigenvalue weighted by Gasteiger charge is -2.11. The number of nitrogens with zero attached hydrogens (tertiary/aromatic N) is 1. The van der Waals surface area contributed by atoms with Gasteiger partial charge in [-0.05, 0) is 30.7 Å². The minimum atomic E-state index is -0.950. The Hall–Kier alpha value is -2.01. The molecule has 2 N–H and O–H groups in total. The third kappa shape index (κ3) is 2.46. The van der Waals surface area contributed by atoms with Crippen LogP contribution in [0.5, 0.6) is 11.5 Å². The third-order valence-corrected chi connectivity index (χ3v) is 2.48. The molecule has 0 fully saturated rings. The number of hydrogen-bond donors (Lipinski definition) is 1. The van der Waals surface area contributed by atoms with Crippen LogP contribution < -0.4 is 10.5 Å². The van der Waals surface area contributed by atoms with E-state index in [1.54, 1.807) is 25.3 Å². The number of ether oxygens (including phenoxy) is 1. The highest BCUT2D eigenvalue weighted by molar-refractivity contribution is 5.39. The smallest absolute Gasteiger partial charge is 0.162 e. The molecule has 3 nitrogen and oxygen atoms in total. The lowest BCUT2D eigenvalue weighted by Crippen LogP contribution is -2.02. The Morgan fingerprint density at radius 3 is 2.67 bits per heavy atom. The first-order chi connectivity index (χ1) is 8.61. The summed E-state index contributed by atoms with van der Waals surface area (Å²) in [6.07, 6.45) is 1.59. The van der Waals surface area contributed by atoms with Crippen LogP contribution in [-0.2, 0) is 6.54 Å². The molecule has 0 amide bonds. The Bertz CT molecular complexity index is 573. The summed E-state index contributed by atoms with van der Waals surface area (Å²) in [6, 6.07) is 5.46. The molecule has 0 aliphatic rings. The van der Waals surface area contributed by atoms with E-state index >= 15 is 0 Å². The van der Waals surface area contributed by atoms with Crippen molar-refractivity contribution in [2.45, 2.75) is 13.5 Å². The molecule has 5 heteroatoms. The lowest BCUT2D eigenvalue weighted by molar-refractivity contribution is 0.451. The van der Waals surface area contributed by atoms with Gasteiger partial charge < -0.3 is 10.5 Å². The SMILES string of the molecule is Cc1cc(F)c(F)cc1Oc1cccnc1CN. The molecule has 1 heterocycles. The Morgan fingerprint density at radius 1 is 1.22 bits per heavy atom. The summed E-state index contributed by atoms with van der Waals surface area (Å²) in [5, 5.41) is 0. The summed E-state index contributed by atoms with van der Waals surface area (Å²) in [5.74, 6) is -1.16. The summed E-state index contributed by atoms with van der Waals surface area (Å²) >= 11 is 0. The van der Waals surface area contributed by atoms with Crippen molar-refractivity contribution in [1.29, 1.82) is 0 Å². The van der Waals surface area contributed by atoms with Crippen LogP contribution in [0.25, 0.3) is 0 Å². The molecular weight excluding hydrogens is 238 g/mol. The molecule has 2 aromatic rings. The van der Waals surface area contributed by atoms with Crippen LogP contribution >= 0.6 is 0 Å². The van der Waals surface area contributed by atoms with Gasteiger partial charge >= 0.3 is 0 Å². The molecule has 0 spiro atoms. The molecular formula is C13H12F2N2O. The molecule has 0 aliphatic heterocycles. The van der Waals surface area contributed by atoms with Gasteiger partial charge in [-0.25, -0.2) is 8.78 Å². The van der Waals surface area contributed by atoms with Gasteiger partial charge in [0, 0.05) is 18.8 Å². The minimum Gasteiger partial charge on any atom is -0.455 e. The molecule has 0 unspecified atom stereocenters. The van der Waals surface area contributed by atoms with E-state index in [0.29, 0.717) is 17.0 Å². The van der Waals surface area contributed by atoms with E-state index in [1.165, 1.54) is 0 Å². The van der Waals surface area contributed by atoms with E-state index in [2.05, 4.69) is 4.98 Å². The fourth-order valence-electron chi connectivity index (χ4n) is 1.53. The fraction of sp³-hybridized carbons (Fsp3) is 0.154. The van der Waals surface area contributed by atoms with Crippen LogP contribution in [0.4, 0.5) is 8.78 Å². The zero-order valence-corrected chi connectivity index (χ0v) is 9.78. The Morgan fingerprint density at radius 2 is 1.94 bits per heavy atom. The van der Waals surface area contributed by atoms with Crippen molar-refractivity contribution in [2.75, 3.05) is 0 Å². The fourth-order valence-corrected chi connectivity index (χ4v) is 1.53. The maximum Gasteiger partial charge on any atom is 0.162 e. The molecule has 18 heavy (non-hydrogen) atoms. The molecule has 0 aliphatic carbocycles. The topological polar surface area (TPSA) is 48.1 Å². The Labute approximate surface area is 103 Å². The molecule has 94 valence electrons. The lowest BCUT2D eigenvalue weighted by atomic mass is 10.2. The standard InChI is InChI=1S/C13H12F2N2O/c1-8-5-9(14)10(15)6-13(8)18-12-3-2-4-17-11(12)7-16/h2-6H,7,16H2,1H3. The zero-order valence-electron chi connectivity index (χ0n) is 9.78. The highest BCUT2D eigenvalue weighted by atomic mass is 19.2. The highest BCUT2D eigenvalue weighted by Crippen LogP contribution is 2.28. The molecule has 0 bridgehead atoms. The van der Waals surface area contributed by atoms with Crippen molar-refractivity contribution in [2.24, 2.45) is 5.73 Å². The first-order valence-corrected chi connectivity index (χ1v) is 5.39. The number of aryl methyl sites for hydroxylation is 1. The van der Waals surface area contributed by atoms with E-state index in [9.17, 15) is 8.78 Å². The second-order valence-electron chi connectivity index (χ2n) is 3.79. The number of hydrogen-bond acceptors (Lipinski definition) is 3. The van der Waals surface area contributed by atoms with Gasteiger partial charge in [0.2, 0.25) is 0 Å². The quantitative estimate of drug-likeness (QED) is 0.911. The van der Waals surface area contributed by atoms with E-state index in [4.69, 9.17) is 10.5 Å². The van der Waals surface area contributed by atoms with Gasteiger partial charge in [0.05, 0.1) is 5.69 Å². The predicted molar refractivity (Wildman–Crippen MR) is 63.3 cm³/mol. The van der Waals surface area contributed by atoms with Gasteiger partial charge in [-0.15, -0.1) is 0 Å². The van der Waals surface area contributed by atoms with Crippen molar-refractivity contribution >= 4 is 0 Å². The molecule has 0 saturated heterocycles. The summed E-state index contributed by atoms with van der Waals surface area (Å²) < 4.78 is 31.6. The van der Waals surface area contributed by atoms with Crippen molar-refractivity contribution < 1.29 is 13.5 Å². The number of halogens is 2. The average Bonchev–Trinajstić information content (AvgIpc) is 2.36. The van der Waals surface area contributed by atoms with Crippen LogP contribution in [0.1, 0.15) is 11.3 Å². The average molecular weight is 250 g/mol. The number of nitrogens with two attached hydrogens (primary N) is 1. The highest BCUT2D eigenvalue weighted by Gasteiger charge is 2.10. The van der Waals surface area contributed by atoms with E-state index in [0.717, 1.165) is 12.1 Å². The first-order valence-electron chi connectivity index (χ1n) is 5.39. The predicted octanol–water partition coefficient (Wildman–Crippen LogP) is 2.92. The van der Waals surface area contributed by atoms with E-state index in [-0.39, 0.29) is 12.3 Å². The maximum absolute atomic E-state index is 13.1. The van der Waals surface area contributed by atoms with Crippen molar-refractivity contribution in [1.82, 2.24) is 4.98 Å². The van der Waals surface area contributed by atoms with Gasteiger partial charge in [-0.3, -0.25) is 4.98 Å². The van der Waals surface area contributed by atoms with Crippen LogP contribution in [0.3, 0.4) is 0 Å². The van der Waals surface area contributed by atoms with Crippen molar-refractivity contribution in [3.63, 3.8) is 0 Å². The summed E-state index contributed by atoms with van der Waals surface area (Å²) in [6.45, 7) is 1.84. The Balaban J connectivity index is 2.37. The largest absolute Gasteiger partial charge is 0.455 e. The summed E-state index contributed by atoms with van der Waals surface area (Å²) in [7, 11) is 0. The maximum atomic E-state index is 13.1. The molecule has 0 saturated carbocycles. The van der Waals surface area contributed by atoms with Crippen LogP contribution in [0, 0.1) is 18.6 Å². The molecule has 1 aromatic carbocycles. The van der Waals surface area contributed by atoms with Gasteiger partial charge in [0.1, 0.15) is 11.5 Å². The first kappa shape index (κ1) is 12.4. The molecule has 0 radical (unpaired) electrons. The monoisotopic (exact) mass is 250 g/mol. The number of aromatic nitrogens is 1. The molecule has 2 rings (SSSR count). The van der Waals surface area contributed by atoms with Crippen LogP contribution in [0.2, 0.25) is 0 Å². The second-order valence-corrected chi connectivity index (χ2v) is 3.79. The van der Waals surface area contributed by atoms with E-state index < -0.39 is 11.6 Å².